The van der Waals surface area contributed by atoms with Gasteiger partial charge >= 0.3 is 0 Å². The van der Waals surface area contributed by atoms with Crippen LogP contribution in [0.2, 0.25) is 0 Å². The van der Waals surface area contributed by atoms with Crippen molar-refractivity contribution in [2.75, 3.05) is 6.54 Å². The summed E-state index contributed by atoms with van der Waals surface area (Å²) in [4.78, 5) is 4.14. The Labute approximate surface area is 125 Å². The fraction of sp³-hybridized carbons (Fsp3) is 0.278. The van der Waals surface area contributed by atoms with Gasteiger partial charge in [-0.2, -0.15) is 0 Å². The molecular formula is C18H18N2O. The van der Waals surface area contributed by atoms with Gasteiger partial charge in [0.15, 0.2) is 0 Å². The van der Waals surface area contributed by atoms with E-state index in [1.165, 1.54) is 36.0 Å². The largest absolute Gasteiger partial charge is 0.487 e. The van der Waals surface area contributed by atoms with Crippen molar-refractivity contribution in [1.82, 2.24) is 4.98 Å². The topological polar surface area (TPSA) is 48.1 Å². The first-order valence-corrected chi connectivity index (χ1v) is 7.22. The van der Waals surface area contributed by atoms with Gasteiger partial charge in [-0.1, -0.05) is 30.0 Å². The van der Waals surface area contributed by atoms with Crippen molar-refractivity contribution in [3.8, 4) is 17.6 Å². The van der Waals surface area contributed by atoms with Gasteiger partial charge in [-0.3, -0.25) is 4.98 Å². The third kappa shape index (κ3) is 3.42. The number of aromatic nitrogens is 1. The number of hydrogen-bond donors (Lipinski definition) is 1. The summed E-state index contributed by atoms with van der Waals surface area (Å²) in [5, 5.41) is 0. The van der Waals surface area contributed by atoms with E-state index in [0.717, 1.165) is 11.3 Å². The Morgan fingerprint density at radius 3 is 2.95 bits per heavy atom. The highest BCUT2D eigenvalue weighted by atomic mass is 16.5. The van der Waals surface area contributed by atoms with E-state index in [1.54, 1.807) is 12.4 Å². The molecule has 2 aromatic rings. The normalized spacial score (nSPS) is 12.4. The third-order valence-electron chi connectivity index (χ3n) is 3.62. The lowest BCUT2D eigenvalue weighted by Crippen LogP contribution is -1.98. The van der Waals surface area contributed by atoms with Crippen LogP contribution in [0.15, 0.2) is 36.7 Å². The van der Waals surface area contributed by atoms with Crippen molar-refractivity contribution >= 4 is 0 Å². The van der Waals surface area contributed by atoms with E-state index in [2.05, 4.69) is 35.0 Å². The highest BCUT2D eigenvalue weighted by Gasteiger charge is 2.10. The predicted octanol–water partition coefficient (Wildman–Crippen LogP) is 2.46. The Morgan fingerprint density at radius 1 is 1.14 bits per heavy atom. The van der Waals surface area contributed by atoms with Gasteiger partial charge in [0.2, 0.25) is 0 Å². The van der Waals surface area contributed by atoms with Gasteiger partial charge in [-0.15, -0.1) is 0 Å². The highest BCUT2D eigenvalue weighted by Crippen LogP contribution is 2.23. The monoisotopic (exact) mass is 278 g/mol. The molecule has 3 rings (SSSR count). The van der Waals surface area contributed by atoms with Gasteiger partial charge < -0.3 is 10.5 Å². The van der Waals surface area contributed by atoms with Gasteiger partial charge in [0.05, 0.1) is 12.7 Å². The van der Waals surface area contributed by atoms with Crippen LogP contribution in [0.4, 0.5) is 0 Å². The van der Waals surface area contributed by atoms with Crippen LogP contribution in [-0.2, 0) is 19.4 Å². The van der Waals surface area contributed by atoms with Gasteiger partial charge in [0, 0.05) is 11.8 Å². The first-order chi connectivity index (χ1) is 10.3. The average molecular weight is 278 g/mol. The minimum absolute atomic E-state index is 0.347. The molecule has 0 bridgehead atoms. The van der Waals surface area contributed by atoms with Crippen molar-refractivity contribution in [2.24, 2.45) is 5.73 Å². The number of aryl methyl sites for hydroxylation is 2. The number of rotatable bonds is 3. The molecule has 0 aliphatic heterocycles. The second-order valence-electron chi connectivity index (χ2n) is 5.16. The Kier molecular flexibility index (Phi) is 4.18. The molecule has 21 heavy (non-hydrogen) atoms. The molecule has 2 N–H and O–H groups in total. The van der Waals surface area contributed by atoms with Crippen molar-refractivity contribution in [3.05, 3.63) is 58.9 Å². The standard InChI is InChI=1S/C18H18N2O/c19-8-2-3-14-10-18(12-20-11-14)21-13-15-6-7-16-4-1-5-17(16)9-15/h6-7,9-12H,1,4-5,8,13,19H2. The maximum absolute atomic E-state index is 5.81. The van der Waals surface area contributed by atoms with Crippen molar-refractivity contribution in [2.45, 2.75) is 25.9 Å². The van der Waals surface area contributed by atoms with Crippen LogP contribution >= 0.6 is 0 Å². The molecule has 0 saturated carbocycles. The van der Waals surface area contributed by atoms with E-state index in [4.69, 9.17) is 10.5 Å². The molecular weight excluding hydrogens is 260 g/mol. The van der Waals surface area contributed by atoms with Crippen LogP contribution in [0.1, 0.15) is 28.7 Å². The Bertz CT molecular complexity index is 698. The summed E-state index contributed by atoms with van der Waals surface area (Å²) < 4.78 is 5.81. The lowest BCUT2D eigenvalue weighted by molar-refractivity contribution is 0.305. The smallest absolute Gasteiger partial charge is 0.139 e. The second-order valence-corrected chi connectivity index (χ2v) is 5.16. The molecule has 1 aromatic heterocycles. The Morgan fingerprint density at radius 2 is 2.05 bits per heavy atom. The first-order valence-electron chi connectivity index (χ1n) is 7.22. The number of nitrogens with zero attached hydrogens (tertiary/aromatic N) is 1. The third-order valence-corrected chi connectivity index (χ3v) is 3.62. The number of fused-ring (bicyclic) bond motifs is 1. The SMILES string of the molecule is NCC#Cc1cncc(OCc2ccc3c(c2)CCC3)c1. The van der Waals surface area contributed by atoms with Crippen molar-refractivity contribution in [3.63, 3.8) is 0 Å². The number of nitrogens with two attached hydrogens (primary N) is 1. The fourth-order valence-corrected chi connectivity index (χ4v) is 2.60. The van der Waals surface area contributed by atoms with E-state index in [0.29, 0.717) is 13.2 Å². The van der Waals surface area contributed by atoms with Gasteiger partial charge in [0.25, 0.3) is 0 Å². The summed E-state index contributed by atoms with van der Waals surface area (Å²) in [6.45, 7) is 0.906. The van der Waals surface area contributed by atoms with Crippen LogP contribution in [-0.4, -0.2) is 11.5 Å². The summed E-state index contributed by atoms with van der Waals surface area (Å²) in [6.07, 6.45) is 7.09. The first kappa shape index (κ1) is 13.7. The fourth-order valence-electron chi connectivity index (χ4n) is 2.60. The molecule has 0 saturated heterocycles. The average Bonchev–Trinajstić information content (AvgIpc) is 2.99. The molecule has 0 radical (unpaired) electrons. The lowest BCUT2D eigenvalue weighted by atomic mass is 10.1. The number of pyridine rings is 1. The van der Waals surface area contributed by atoms with Crippen LogP contribution in [0.3, 0.4) is 0 Å². The van der Waals surface area contributed by atoms with Gasteiger partial charge in [-0.05, 0) is 42.0 Å². The van der Waals surface area contributed by atoms with E-state index >= 15 is 0 Å². The molecule has 1 heterocycles. The molecule has 1 aromatic carbocycles. The molecule has 1 aliphatic carbocycles. The summed E-state index contributed by atoms with van der Waals surface area (Å²) in [5.41, 5.74) is 10.4. The van der Waals surface area contributed by atoms with E-state index in [-0.39, 0.29) is 0 Å². The summed E-state index contributed by atoms with van der Waals surface area (Å²) in [7, 11) is 0. The molecule has 1 aliphatic rings. The summed E-state index contributed by atoms with van der Waals surface area (Å²) >= 11 is 0. The van der Waals surface area contributed by atoms with Crippen molar-refractivity contribution < 1.29 is 4.74 Å². The van der Waals surface area contributed by atoms with Crippen LogP contribution in [0.25, 0.3) is 0 Å². The van der Waals surface area contributed by atoms with Crippen LogP contribution in [0, 0.1) is 11.8 Å². The lowest BCUT2D eigenvalue weighted by Gasteiger charge is -2.08. The minimum Gasteiger partial charge on any atom is -0.487 e. The van der Waals surface area contributed by atoms with Crippen molar-refractivity contribution in [1.29, 1.82) is 0 Å². The van der Waals surface area contributed by atoms with Crippen LogP contribution < -0.4 is 10.5 Å². The highest BCUT2D eigenvalue weighted by molar-refractivity contribution is 5.38. The predicted molar refractivity (Wildman–Crippen MR) is 83.0 cm³/mol. The zero-order valence-electron chi connectivity index (χ0n) is 11.9. The quantitative estimate of drug-likeness (QED) is 0.877. The minimum atomic E-state index is 0.347. The number of hydrogen-bond acceptors (Lipinski definition) is 3. The maximum atomic E-state index is 5.81. The van der Waals surface area contributed by atoms with Gasteiger partial charge in [0.1, 0.15) is 12.4 Å². The zero-order chi connectivity index (χ0) is 14.5. The Balaban J connectivity index is 1.67. The van der Waals surface area contributed by atoms with E-state index < -0.39 is 0 Å². The molecule has 0 atom stereocenters. The molecule has 0 unspecified atom stereocenters. The Hall–Kier alpha value is -2.31. The molecule has 3 nitrogen and oxygen atoms in total. The number of benzene rings is 1. The number of ether oxygens (including phenoxy) is 1. The molecule has 0 fully saturated rings. The molecule has 0 spiro atoms. The molecule has 3 heteroatoms. The van der Waals surface area contributed by atoms with Crippen LogP contribution in [0.5, 0.6) is 5.75 Å². The summed E-state index contributed by atoms with van der Waals surface area (Å²) in [6, 6.07) is 8.52. The van der Waals surface area contributed by atoms with E-state index in [9.17, 15) is 0 Å². The maximum Gasteiger partial charge on any atom is 0.139 e. The zero-order valence-corrected chi connectivity index (χ0v) is 11.9. The molecule has 0 amide bonds. The van der Waals surface area contributed by atoms with E-state index in [1.807, 2.05) is 6.07 Å². The molecule has 106 valence electrons. The summed E-state index contributed by atoms with van der Waals surface area (Å²) in [5.74, 6) is 6.51. The van der Waals surface area contributed by atoms with Gasteiger partial charge in [-0.25, -0.2) is 0 Å². The second kappa shape index (κ2) is 6.43.